The lowest BCUT2D eigenvalue weighted by molar-refractivity contribution is 0.193. The minimum atomic E-state index is -3.19. The fraction of sp³-hybridized carbons (Fsp3) is 0.533. The molecule has 0 saturated carbocycles. The summed E-state index contributed by atoms with van der Waals surface area (Å²) in [5.74, 6) is 0. The van der Waals surface area contributed by atoms with Gasteiger partial charge in [-0.1, -0.05) is 19.1 Å². The van der Waals surface area contributed by atoms with Gasteiger partial charge in [-0.3, -0.25) is 0 Å². The molecule has 1 aromatic rings. The van der Waals surface area contributed by atoms with Crippen LogP contribution in [0.5, 0.6) is 0 Å². The van der Waals surface area contributed by atoms with Crippen LogP contribution in [-0.4, -0.2) is 44.7 Å². The van der Waals surface area contributed by atoms with Crippen LogP contribution < -0.4 is 10.0 Å². The van der Waals surface area contributed by atoms with Crippen molar-refractivity contribution >= 4 is 21.7 Å². The molecule has 0 radical (unpaired) electrons. The summed E-state index contributed by atoms with van der Waals surface area (Å²) in [5, 5.41) is 2.90. The van der Waals surface area contributed by atoms with Crippen LogP contribution in [0.4, 0.5) is 10.5 Å². The molecule has 1 heterocycles. The second-order valence-electron chi connectivity index (χ2n) is 5.64. The van der Waals surface area contributed by atoms with E-state index < -0.39 is 10.0 Å². The first kappa shape index (κ1) is 16.8. The van der Waals surface area contributed by atoms with Crippen LogP contribution in [0.2, 0.25) is 0 Å². The van der Waals surface area contributed by atoms with Crippen LogP contribution in [-0.2, 0) is 16.4 Å². The Morgan fingerprint density at radius 1 is 1.32 bits per heavy atom. The number of benzene rings is 1. The second kappa shape index (κ2) is 7.11. The summed E-state index contributed by atoms with van der Waals surface area (Å²) >= 11 is 0. The maximum Gasteiger partial charge on any atom is 0.321 e. The summed E-state index contributed by atoms with van der Waals surface area (Å²) in [6, 6.07) is 7.58. The zero-order chi connectivity index (χ0) is 16.2. The van der Waals surface area contributed by atoms with E-state index >= 15 is 0 Å². The second-order valence-corrected chi connectivity index (χ2v) is 7.42. The van der Waals surface area contributed by atoms with Gasteiger partial charge in [-0.25, -0.2) is 17.9 Å². The normalized spacial score (nSPS) is 16.5. The molecule has 0 bridgehead atoms. The van der Waals surface area contributed by atoms with Crippen molar-refractivity contribution in [2.45, 2.75) is 32.2 Å². The van der Waals surface area contributed by atoms with Gasteiger partial charge in [0.1, 0.15) is 0 Å². The Bertz CT molecular complexity index is 623. The fourth-order valence-electron chi connectivity index (χ4n) is 2.57. The maximum atomic E-state index is 12.2. The first-order valence-corrected chi connectivity index (χ1v) is 9.38. The number of likely N-dealkylation sites (tertiary alicyclic amines) is 1. The topological polar surface area (TPSA) is 78.5 Å². The molecular weight excluding hydrogens is 302 g/mol. The third-order valence-corrected chi connectivity index (χ3v) is 4.51. The maximum absolute atomic E-state index is 12.2. The molecule has 6 nitrogen and oxygen atoms in total. The lowest BCUT2D eigenvalue weighted by atomic mass is 10.1. The molecule has 0 aromatic heterocycles. The highest BCUT2D eigenvalue weighted by Gasteiger charge is 2.24. The molecule has 22 heavy (non-hydrogen) atoms. The van der Waals surface area contributed by atoms with E-state index in [4.69, 9.17) is 0 Å². The number of sulfonamides is 1. The zero-order valence-corrected chi connectivity index (χ0v) is 13.8. The van der Waals surface area contributed by atoms with Gasteiger partial charge < -0.3 is 10.2 Å². The van der Waals surface area contributed by atoms with E-state index in [0.717, 1.165) is 18.4 Å². The number of carbonyl (C=O) groups is 1. The number of anilines is 1. The smallest absolute Gasteiger partial charge is 0.321 e. The number of hydrogen-bond acceptors (Lipinski definition) is 3. The monoisotopic (exact) mass is 325 g/mol. The summed E-state index contributed by atoms with van der Waals surface area (Å²) in [5.41, 5.74) is 1.97. The molecule has 0 spiro atoms. The Morgan fingerprint density at radius 2 is 2.00 bits per heavy atom. The van der Waals surface area contributed by atoms with Crippen LogP contribution in [0, 0.1) is 0 Å². The van der Waals surface area contributed by atoms with Gasteiger partial charge in [-0.15, -0.1) is 0 Å². The average molecular weight is 325 g/mol. The van der Waals surface area contributed by atoms with E-state index in [9.17, 15) is 13.2 Å². The van der Waals surface area contributed by atoms with Gasteiger partial charge in [0.05, 0.1) is 6.26 Å². The van der Waals surface area contributed by atoms with Gasteiger partial charge in [0.25, 0.3) is 0 Å². The summed E-state index contributed by atoms with van der Waals surface area (Å²) < 4.78 is 25.0. The van der Waals surface area contributed by atoms with E-state index in [1.807, 2.05) is 24.3 Å². The van der Waals surface area contributed by atoms with Crippen molar-refractivity contribution < 1.29 is 13.2 Å². The van der Waals surface area contributed by atoms with Gasteiger partial charge in [-0.05, 0) is 37.0 Å². The van der Waals surface area contributed by atoms with Gasteiger partial charge in [0.15, 0.2) is 0 Å². The highest BCUT2D eigenvalue weighted by Crippen LogP contribution is 2.15. The Kier molecular flexibility index (Phi) is 5.42. The molecule has 2 rings (SSSR count). The van der Waals surface area contributed by atoms with Crippen molar-refractivity contribution in [1.29, 1.82) is 0 Å². The van der Waals surface area contributed by atoms with Crippen molar-refractivity contribution in [2.24, 2.45) is 0 Å². The third kappa shape index (κ3) is 4.99. The lowest BCUT2D eigenvalue weighted by Gasteiger charge is -2.32. The Morgan fingerprint density at radius 3 is 2.59 bits per heavy atom. The third-order valence-electron chi connectivity index (χ3n) is 3.75. The Balaban J connectivity index is 1.87. The molecule has 1 saturated heterocycles. The number of aryl methyl sites for hydroxylation is 1. The summed E-state index contributed by atoms with van der Waals surface area (Å²) in [6.07, 6.45) is 3.35. The van der Waals surface area contributed by atoms with Gasteiger partial charge >= 0.3 is 6.03 Å². The average Bonchev–Trinajstić information content (AvgIpc) is 2.46. The fourth-order valence-corrected chi connectivity index (χ4v) is 3.42. The molecule has 2 N–H and O–H groups in total. The van der Waals surface area contributed by atoms with E-state index in [0.29, 0.717) is 25.9 Å². The lowest BCUT2D eigenvalue weighted by Crippen LogP contribution is -2.47. The van der Waals surface area contributed by atoms with Crippen molar-refractivity contribution in [1.82, 2.24) is 9.62 Å². The predicted octanol–water partition coefficient (Wildman–Crippen LogP) is 1.79. The SMILES string of the molecule is CCc1cccc(NC(=O)N2CCC(NS(C)(=O)=O)CC2)c1. The molecule has 0 atom stereocenters. The molecule has 7 heteroatoms. The largest absolute Gasteiger partial charge is 0.324 e. The number of hydrogen-bond donors (Lipinski definition) is 2. The van der Waals surface area contributed by atoms with Crippen LogP contribution in [0.1, 0.15) is 25.3 Å². The molecule has 1 aliphatic heterocycles. The summed E-state index contributed by atoms with van der Waals surface area (Å²) in [6.45, 7) is 3.17. The summed E-state index contributed by atoms with van der Waals surface area (Å²) in [4.78, 5) is 14.0. The van der Waals surface area contributed by atoms with E-state index in [1.54, 1.807) is 4.90 Å². The van der Waals surface area contributed by atoms with Crippen molar-refractivity contribution in [3.05, 3.63) is 29.8 Å². The predicted molar refractivity (Wildman–Crippen MR) is 87.4 cm³/mol. The molecule has 1 aromatic carbocycles. The van der Waals surface area contributed by atoms with E-state index in [-0.39, 0.29) is 12.1 Å². The van der Waals surface area contributed by atoms with Gasteiger partial charge in [0, 0.05) is 24.8 Å². The first-order chi connectivity index (χ1) is 10.4. The minimum absolute atomic E-state index is 0.0810. The van der Waals surface area contributed by atoms with Gasteiger partial charge in [0.2, 0.25) is 10.0 Å². The molecule has 0 aliphatic carbocycles. The number of amides is 2. The Labute approximate surface area is 131 Å². The van der Waals surface area contributed by atoms with Crippen LogP contribution >= 0.6 is 0 Å². The number of nitrogens with zero attached hydrogens (tertiary/aromatic N) is 1. The molecule has 0 unspecified atom stereocenters. The molecule has 1 fully saturated rings. The van der Waals surface area contributed by atoms with Crippen molar-refractivity contribution in [3.63, 3.8) is 0 Å². The molecule has 1 aliphatic rings. The number of rotatable bonds is 4. The Hall–Kier alpha value is -1.60. The quantitative estimate of drug-likeness (QED) is 0.886. The van der Waals surface area contributed by atoms with Gasteiger partial charge in [-0.2, -0.15) is 0 Å². The van der Waals surface area contributed by atoms with Crippen LogP contribution in [0.3, 0.4) is 0 Å². The minimum Gasteiger partial charge on any atom is -0.324 e. The number of piperidine rings is 1. The molecular formula is C15H23N3O3S. The highest BCUT2D eigenvalue weighted by atomic mass is 32.2. The zero-order valence-electron chi connectivity index (χ0n) is 13.0. The summed E-state index contributed by atoms with van der Waals surface area (Å²) in [7, 11) is -3.19. The number of urea groups is 1. The highest BCUT2D eigenvalue weighted by molar-refractivity contribution is 7.88. The first-order valence-electron chi connectivity index (χ1n) is 7.49. The molecule has 2 amide bonds. The van der Waals surface area contributed by atoms with Crippen molar-refractivity contribution in [3.8, 4) is 0 Å². The number of carbonyl (C=O) groups excluding carboxylic acids is 1. The van der Waals surface area contributed by atoms with Crippen LogP contribution in [0.25, 0.3) is 0 Å². The molecule has 122 valence electrons. The van der Waals surface area contributed by atoms with Crippen molar-refractivity contribution in [2.75, 3.05) is 24.7 Å². The van der Waals surface area contributed by atoms with Crippen LogP contribution in [0.15, 0.2) is 24.3 Å². The van der Waals surface area contributed by atoms with E-state index in [2.05, 4.69) is 17.0 Å². The number of nitrogens with one attached hydrogen (secondary N) is 2. The van der Waals surface area contributed by atoms with E-state index in [1.165, 1.54) is 5.56 Å². The standard InChI is InChI=1S/C15H23N3O3S/c1-3-12-5-4-6-14(11-12)16-15(19)18-9-7-13(8-10-18)17-22(2,20)21/h4-6,11,13,17H,3,7-10H2,1-2H3,(H,16,19).